The number of furan rings is 1. The van der Waals surface area contributed by atoms with E-state index in [9.17, 15) is 6.85 Å². The maximum Gasteiger partial charge on any atom is 0.135 e. The van der Waals surface area contributed by atoms with Crippen LogP contribution in [0, 0.1) is 0 Å². The first-order valence-corrected chi connectivity index (χ1v) is 16.4. The highest BCUT2D eigenvalue weighted by Crippen LogP contribution is 2.44. The first kappa shape index (κ1) is 19.4. The van der Waals surface area contributed by atoms with Crippen molar-refractivity contribution in [2.45, 2.75) is 0 Å². The minimum absolute atomic E-state index is 0.181. The highest BCUT2D eigenvalue weighted by Gasteiger charge is 2.21. The number of hydrogen-bond acceptors (Lipinski definition) is 2. The average molecular weight is 665 g/mol. The number of benzene rings is 8. The number of anilines is 3. The van der Waals surface area contributed by atoms with Crippen LogP contribution in [0.5, 0.6) is 0 Å². The van der Waals surface area contributed by atoms with Crippen LogP contribution in [0.15, 0.2) is 198 Å². The minimum Gasteiger partial charge on any atom is -0.456 e. The smallest absolute Gasteiger partial charge is 0.135 e. The minimum atomic E-state index is -0.662. The summed E-state index contributed by atoms with van der Waals surface area (Å²) in [6.45, 7) is 0. The van der Waals surface area contributed by atoms with Crippen molar-refractivity contribution in [2.24, 2.45) is 0 Å². The molecule has 10 rings (SSSR count). The van der Waals surface area contributed by atoms with Gasteiger partial charge in [-0.05, 0) is 89.3 Å². The Kier molecular flexibility index (Phi) is 4.54. The summed E-state index contributed by atoms with van der Waals surface area (Å²) < 4.78 is 114. The Morgan fingerprint density at radius 2 is 1.16 bits per heavy atom. The molecule has 51 heavy (non-hydrogen) atoms. The summed E-state index contributed by atoms with van der Waals surface area (Å²) in [5.41, 5.74) is 4.97. The van der Waals surface area contributed by atoms with E-state index in [1.165, 1.54) is 4.90 Å². The molecule has 0 radical (unpaired) electrons. The summed E-state index contributed by atoms with van der Waals surface area (Å²) in [5.74, 6) is 0. The predicted molar refractivity (Wildman–Crippen MR) is 214 cm³/mol. The van der Waals surface area contributed by atoms with Crippen molar-refractivity contribution < 1.29 is 20.9 Å². The molecule has 8 aromatic carbocycles. The molecule has 0 aliphatic heterocycles. The lowest BCUT2D eigenvalue weighted by molar-refractivity contribution is 0.669. The molecular weight excluding hydrogens is 621 g/mol. The van der Waals surface area contributed by atoms with Crippen LogP contribution < -0.4 is 4.90 Å². The molecule has 3 heteroatoms. The van der Waals surface area contributed by atoms with Crippen molar-refractivity contribution in [2.75, 3.05) is 4.90 Å². The number of nitrogens with zero attached hydrogens (tertiary/aromatic N) is 2. The summed E-state index contributed by atoms with van der Waals surface area (Å²) in [6, 6.07) is 32.2. The maximum atomic E-state index is 9.73. The molecule has 10 aromatic rings. The van der Waals surface area contributed by atoms with Crippen LogP contribution in [-0.2, 0) is 0 Å². The van der Waals surface area contributed by atoms with Gasteiger partial charge in [-0.2, -0.15) is 0 Å². The van der Waals surface area contributed by atoms with E-state index in [2.05, 4.69) is 16.7 Å². The molecule has 240 valence electrons. The van der Waals surface area contributed by atoms with Crippen molar-refractivity contribution in [3.8, 4) is 27.9 Å². The summed E-state index contributed by atoms with van der Waals surface area (Å²) in [5, 5.41) is 1.33. The third-order valence-corrected chi connectivity index (χ3v) is 9.12. The molecule has 0 saturated carbocycles. The molecule has 2 aromatic heterocycles. The zero-order valence-corrected chi connectivity index (χ0v) is 26.8. The molecule has 0 saturated heterocycles. The van der Waals surface area contributed by atoms with Gasteiger partial charge in [-0.25, -0.2) is 0 Å². The monoisotopic (exact) mass is 664 g/mol. The van der Waals surface area contributed by atoms with Crippen LogP contribution in [-0.4, -0.2) is 4.57 Å². The van der Waals surface area contributed by atoms with Crippen molar-refractivity contribution in [1.29, 1.82) is 0 Å². The topological polar surface area (TPSA) is 21.3 Å². The first-order chi connectivity index (χ1) is 30.3. The normalized spacial score (nSPS) is 14.8. The third kappa shape index (κ3) is 4.90. The summed E-state index contributed by atoms with van der Waals surface area (Å²) in [4.78, 5) is 1.22. The van der Waals surface area contributed by atoms with Gasteiger partial charge in [0.05, 0.1) is 27.5 Å². The fraction of sp³-hybridized carbons (Fsp3) is 0. The van der Waals surface area contributed by atoms with E-state index < -0.39 is 78.2 Å². The van der Waals surface area contributed by atoms with Gasteiger partial charge < -0.3 is 13.9 Å². The summed E-state index contributed by atoms with van der Waals surface area (Å²) in [7, 11) is 0. The molecule has 0 N–H and O–H groups in total. The molecule has 0 atom stereocenters. The largest absolute Gasteiger partial charge is 0.456 e. The second-order valence-corrected chi connectivity index (χ2v) is 12.1. The Morgan fingerprint density at radius 1 is 0.471 bits per heavy atom. The van der Waals surface area contributed by atoms with Crippen molar-refractivity contribution in [3.63, 3.8) is 0 Å². The molecular formula is C48H32N2O. The van der Waals surface area contributed by atoms with Gasteiger partial charge in [0.1, 0.15) is 11.2 Å². The van der Waals surface area contributed by atoms with Gasteiger partial charge in [0.15, 0.2) is 0 Å². The Hall–Kier alpha value is -6.84. The molecule has 3 nitrogen and oxygen atoms in total. The zero-order chi connectivity index (χ0) is 44.2. The molecule has 0 bridgehead atoms. The second kappa shape index (κ2) is 11.9. The highest BCUT2D eigenvalue weighted by molar-refractivity contribution is 6.16. The molecule has 0 aliphatic rings. The lowest BCUT2D eigenvalue weighted by atomic mass is 9.95. The molecule has 0 amide bonds. The third-order valence-electron chi connectivity index (χ3n) is 9.12. The van der Waals surface area contributed by atoms with Crippen LogP contribution in [0.3, 0.4) is 0 Å². The fourth-order valence-electron chi connectivity index (χ4n) is 6.88. The molecule has 0 fully saturated rings. The Labute approximate surface area is 312 Å². The van der Waals surface area contributed by atoms with E-state index in [1.54, 1.807) is 12.1 Å². The second-order valence-electron chi connectivity index (χ2n) is 12.1. The lowest BCUT2D eigenvalue weighted by Crippen LogP contribution is -2.10. The van der Waals surface area contributed by atoms with Gasteiger partial charge in [0.25, 0.3) is 0 Å². The van der Waals surface area contributed by atoms with Crippen LogP contribution in [0.4, 0.5) is 17.1 Å². The van der Waals surface area contributed by atoms with Crippen LogP contribution >= 0.6 is 0 Å². The van der Waals surface area contributed by atoms with Crippen molar-refractivity contribution >= 4 is 60.8 Å². The van der Waals surface area contributed by atoms with Crippen LogP contribution in [0.25, 0.3) is 71.7 Å². The predicted octanol–water partition coefficient (Wildman–Crippen LogP) is 13.5. The fourth-order valence-corrected chi connectivity index (χ4v) is 6.88. The van der Waals surface area contributed by atoms with Gasteiger partial charge in [-0.15, -0.1) is 0 Å². The maximum absolute atomic E-state index is 9.73. The number of rotatable bonds is 6. The number of aromatic nitrogens is 1. The molecule has 0 aliphatic carbocycles. The van der Waals surface area contributed by atoms with Gasteiger partial charge in [-0.1, -0.05) is 121 Å². The SMILES string of the molecule is [2H]c1c([2H])c([2H])c(N(c2ccc3c4cc(-c5ccccc5)cc(-c5ccccc5)c4n(-c4ccccc4)c3c2)c2c([2H])c([2H])c3oc4c([2H])c([2H])c([2H])c([2H])c4c3c2[2H])c([2H])c1[2H]. The van der Waals surface area contributed by atoms with Gasteiger partial charge in [0, 0.05) is 49.9 Å². The van der Waals surface area contributed by atoms with E-state index in [-0.39, 0.29) is 33.3 Å². The summed E-state index contributed by atoms with van der Waals surface area (Å²) in [6.07, 6.45) is 0. The zero-order valence-electron chi connectivity index (χ0n) is 38.8. The Balaban J connectivity index is 1.37. The standard InChI is InChI=1S/C48H32N2O/c1-5-15-33(16-6-1)35-29-42(34-17-7-2-8-18-34)48-44(30-35)40-27-25-39(32-45(40)50(48)37-21-11-4-12-22-37)49(36-19-9-3-10-20-36)38-26-28-47-43(31-38)41-23-13-14-24-46(41)51-47/h1-32H/i3D,9D,10D,13D,14D,19D,20D,23D,24D,26D,28D,31D. The van der Waals surface area contributed by atoms with Crippen LogP contribution in [0.2, 0.25) is 0 Å². The number of fused-ring (bicyclic) bond motifs is 6. The molecule has 0 spiro atoms. The Morgan fingerprint density at radius 3 is 1.94 bits per heavy atom. The van der Waals surface area contributed by atoms with E-state index >= 15 is 0 Å². The van der Waals surface area contributed by atoms with Gasteiger partial charge >= 0.3 is 0 Å². The number of hydrogen-bond donors (Lipinski definition) is 0. The van der Waals surface area contributed by atoms with Crippen molar-refractivity contribution in [3.05, 3.63) is 194 Å². The Bertz CT molecular complexity index is 3510. The number of para-hydroxylation sites is 3. The molecule has 0 unspecified atom stereocenters. The first-order valence-electron chi connectivity index (χ1n) is 22.4. The molecule has 2 heterocycles. The van der Waals surface area contributed by atoms with Crippen molar-refractivity contribution in [1.82, 2.24) is 4.57 Å². The van der Waals surface area contributed by atoms with E-state index in [4.69, 9.17) is 14.0 Å². The highest BCUT2D eigenvalue weighted by atomic mass is 16.3. The van der Waals surface area contributed by atoms with E-state index in [1.807, 2.05) is 97.1 Å². The quantitative estimate of drug-likeness (QED) is 0.176. The average Bonchev–Trinajstić information content (AvgIpc) is 3.88. The summed E-state index contributed by atoms with van der Waals surface area (Å²) >= 11 is 0. The van der Waals surface area contributed by atoms with Crippen LogP contribution in [0.1, 0.15) is 16.4 Å². The van der Waals surface area contributed by atoms with Gasteiger partial charge in [-0.3, -0.25) is 0 Å². The lowest BCUT2D eigenvalue weighted by Gasteiger charge is -2.26. The van der Waals surface area contributed by atoms with Gasteiger partial charge in [0.2, 0.25) is 0 Å². The van der Waals surface area contributed by atoms with E-state index in [0.29, 0.717) is 5.52 Å². The van der Waals surface area contributed by atoms with E-state index in [0.717, 1.165) is 44.2 Å².